The van der Waals surface area contributed by atoms with Gasteiger partial charge in [-0.15, -0.1) is 0 Å². The van der Waals surface area contributed by atoms with E-state index in [1.54, 1.807) is 18.5 Å². The third-order valence-electron chi connectivity index (χ3n) is 3.55. The molecule has 0 saturated carbocycles. The topological polar surface area (TPSA) is 78.4 Å². The van der Waals surface area contributed by atoms with Crippen molar-refractivity contribution in [2.75, 3.05) is 18.1 Å². The fraction of sp³-hybridized carbons (Fsp3) is 0.643. The molecule has 0 bridgehead atoms. The summed E-state index contributed by atoms with van der Waals surface area (Å²) in [5.74, 6) is 0.647. The van der Waals surface area contributed by atoms with E-state index in [-0.39, 0.29) is 24.6 Å². The van der Waals surface area contributed by atoms with Gasteiger partial charge in [-0.25, -0.2) is 9.97 Å². The highest BCUT2D eigenvalue weighted by atomic mass is 16.3. The van der Waals surface area contributed by atoms with Crippen LogP contribution in [-0.2, 0) is 4.79 Å². The predicted molar refractivity (Wildman–Crippen MR) is 76.3 cm³/mol. The van der Waals surface area contributed by atoms with E-state index in [9.17, 15) is 4.79 Å². The number of anilines is 1. The van der Waals surface area contributed by atoms with Gasteiger partial charge >= 0.3 is 0 Å². The molecule has 1 aromatic heterocycles. The Morgan fingerprint density at radius 2 is 2.30 bits per heavy atom. The van der Waals surface area contributed by atoms with Gasteiger partial charge < -0.3 is 15.3 Å². The Kier molecular flexibility index (Phi) is 5.29. The van der Waals surface area contributed by atoms with Gasteiger partial charge in [0.25, 0.3) is 0 Å². The van der Waals surface area contributed by atoms with E-state index >= 15 is 0 Å². The van der Waals surface area contributed by atoms with Gasteiger partial charge in [-0.05, 0) is 38.7 Å². The van der Waals surface area contributed by atoms with Gasteiger partial charge in [-0.2, -0.15) is 0 Å². The number of carbonyl (C=O) groups excluding carboxylic acids is 1. The molecule has 0 aliphatic carbocycles. The first-order valence-corrected chi connectivity index (χ1v) is 7.17. The average molecular weight is 278 g/mol. The molecule has 110 valence electrons. The molecule has 0 spiro atoms. The van der Waals surface area contributed by atoms with Crippen LogP contribution in [0, 0.1) is 0 Å². The Morgan fingerprint density at radius 3 is 3.00 bits per heavy atom. The van der Waals surface area contributed by atoms with Crippen molar-refractivity contribution in [1.82, 2.24) is 15.3 Å². The number of aliphatic hydroxyl groups excluding tert-OH is 1. The highest BCUT2D eigenvalue weighted by Crippen LogP contribution is 2.22. The summed E-state index contributed by atoms with van der Waals surface area (Å²) >= 11 is 0. The number of nitrogens with zero attached hydrogens (tertiary/aromatic N) is 3. The van der Waals surface area contributed by atoms with Crippen LogP contribution >= 0.6 is 0 Å². The zero-order chi connectivity index (χ0) is 14.4. The van der Waals surface area contributed by atoms with E-state index in [0.717, 1.165) is 25.8 Å². The summed E-state index contributed by atoms with van der Waals surface area (Å²) < 4.78 is 0. The first-order chi connectivity index (χ1) is 9.72. The fourth-order valence-corrected chi connectivity index (χ4v) is 2.53. The van der Waals surface area contributed by atoms with Crippen LogP contribution in [0.3, 0.4) is 0 Å². The number of carbonyl (C=O) groups is 1. The van der Waals surface area contributed by atoms with Gasteiger partial charge in [0.1, 0.15) is 6.04 Å². The quantitative estimate of drug-likeness (QED) is 0.802. The van der Waals surface area contributed by atoms with Crippen LogP contribution in [0.4, 0.5) is 5.95 Å². The van der Waals surface area contributed by atoms with Crippen LogP contribution < -0.4 is 10.2 Å². The van der Waals surface area contributed by atoms with Crippen LogP contribution in [-0.4, -0.2) is 46.2 Å². The zero-order valence-corrected chi connectivity index (χ0v) is 11.8. The molecular weight excluding hydrogens is 256 g/mol. The zero-order valence-electron chi connectivity index (χ0n) is 11.8. The van der Waals surface area contributed by atoms with Crippen molar-refractivity contribution in [2.45, 2.75) is 44.7 Å². The number of hydrogen-bond donors (Lipinski definition) is 2. The number of nitrogens with one attached hydrogen (secondary N) is 1. The van der Waals surface area contributed by atoms with Crippen molar-refractivity contribution in [3.63, 3.8) is 0 Å². The minimum absolute atomic E-state index is 0.0281. The minimum Gasteiger partial charge on any atom is -0.396 e. The average Bonchev–Trinajstić information content (AvgIpc) is 2.95. The van der Waals surface area contributed by atoms with Crippen molar-refractivity contribution in [3.05, 3.63) is 18.5 Å². The van der Waals surface area contributed by atoms with Gasteiger partial charge in [-0.3, -0.25) is 4.79 Å². The maximum Gasteiger partial charge on any atom is 0.243 e. The lowest BCUT2D eigenvalue weighted by atomic mass is 10.1. The molecule has 2 heterocycles. The molecule has 1 fully saturated rings. The van der Waals surface area contributed by atoms with Gasteiger partial charge in [0, 0.05) is 31.6 Å². The normalized spacial score (nSPS) is 19.9. The molecule has 0 radical (unpaired) electrons. The monoisotopic (exact) mass is 278 g/mol. The predicted octanol–water partition coefficient (Wildman–Crippen LogP) is 0.723. The molecule has 2 unspecified atom stereocenters. The molecule has 1 amide bonds. The molecule has 20 heavy (non-hydrogen) atoms. The molecular formula is C14H22N4O2. The minimum atomic E-state index is -0.186. The number of amides is 1. The summed E-state index contributed by atoms with van der Waals surface area (Å²) in [6.45, 7) is 2.94. The summed E-state index contributed by atoms with van der Waals surface area (Å²) in [7, 11) is 0. The largest absolute Gasteiger partial charge is 0.396 e. The SMILES string of the molecule is CC(CCCO)NC(=O)C1CCCN1c1ncccn1. The molecule has 0 aromatic carbocycles. The fourth-order valence-electron chi connectivity index (χ4n) is 2.53. The number of aromatic nitrogens is 2. The Balaban J connectivity index is 1.95. The molecule has 6 nitrogen and oxygen atoms in total. The smallest absolute Gasteiger partial charge is 0.243 e. The van der Waals surface area contributed by atoms with Gasteiger partial charge in [0.05, 0.1) is 0 Å². The maximum absolute atomic E-state index is 12.3. The highest BCUT2D eigenvalue weighted by molar-refractivity contribution is 5.85. The molecule has 2 rings (SSSR count). The summed E-state index contributed by atoms with van der Waals surface area (Å²) in [5, 5.41) is 11.8. The molecule has 1 aliphatic heterocycles. The van der Waals surface area contributed by atoms with Crippen molar-refractivity contribution in [3.8, 4) is 0 Å². The lowest BCUT2D eigenvalue weighted by Gasteiger charge is -2.25. The van der Waals surface area contributed by atoms with E-state index in [4.69, 9.17) is 5.11 Å². The van der Waals surface area contributed by atoms with E-state index in [1.165, 1.54) is 0 Å². The van der Waals surface area contributed by atoms with Crippen LogP contribution in [0.1, 0.15) is 32.6 Å². The molecule has 1 aliphatic rings. The van der Waals surface area contributed by atoms with Gasteiger partial charge in [-0.1, -0.05) is 0 Å². The van der Waals surface area contributed by atoms with Crippen molar-refractivity contribution < 1.29 is 9.90 Å². The van der Waals surface area contributed by atoms with E-state index < -0.39 is 0 Å². The molecule has 1 aromatic rings. The lowest BCUT2D eigenvalue weighted by Crippen LogP contribution is -2.46. The van der Waals surface area contributed by atoms with E-state index in [1.807, 2.05) is 11.8 Å². The molecule has 2 N–H and O–H groups in total. The Labute approximate surface area is 119 Å². The maximum atomic E-state index is 12.3. The second-order valence-electron chi connectivity index (χ2n) is 5.18. The van der Waals surface area contributed by atoms with Crippen molar-refractivity contribution in [2.24, 2.45) is 0 Å². The Morgan fingerprint density at radius 1 is 1.55 bits per heavy atom. The van der Waals surface area contributed by atoms with E-state index in [2.05, 4.69) is 15.3 Å². The number of rotatable bonds is 6. The third kappa shape index (κ3) is 3.66. The first kappa shape index (κ1) is 14.7. The van der Waals surface area contributed by atoms with Crippen LogP contribution in [0.5, 0.6) is 0 Å². The summed E-state index contributed by atoms with van der Waals surface area (Å²) in [5.41, 5.74) is 0. The summed E-state index contributed by atoms with van der Waals surface area (Å²) in [6.07, 6.45) is 6.69. The number of hydrogen-bond acceptors (Lipinski definition) is 5. The van der Waals surface area contributed by atoms with Crippen LogP contribution in [0.2, 0.25) is 0 Å². The second-order valence-corrected chi connectivity index (χ2v) is 5.18. The summed E-state index contributed by atoms with van der Waals surface area (Å²) in [4.78, 5) is 22.7. The highest BCUT2D eigenvalue weighted by Gasteiger charge is 2.32. The first-order valence-electron chi connectivity index (χ1n) is 7.17. The standard InChI is InChI=1S/C14H22N4O2/c1-11(5-3-10-19)17-13(20)12-6-2-9-18(12)14-15-7-4-8-16-14/h4,7-8,11-12,19H,2-3,5-6,9-10H2,1H3,(H,17,20). The lowest BCUT2D eigenvalue weighted by molar-refractivity contribution is -0.122. The van der Waals surface area contributed by atoms with Crippen LogP contribution in [0.25, 0.3) is 0 Å². The molecule has 1 saturated heterocycles. The summed E-state index contributed by atoms with van der Waals surface area (Å²) in [6, 6.07) is 1.66. The van der Waals surface area contributed by atoms with Crippen molar-refractivity contribution >= 4 is 11.9 Å². The Bertz CT molecular complexity index is 426. The second kappa shape index (κ2) is 7.19. The molecule has 6 heteroatoms. The third-order valence-corrected chi connectivity index (χ3v) is 3.55. The van der Waals surface area contributed by atoms with Crippen LogP contribution in [0.15, 0.2) is 18.5 Å². The van der Waals surface area contributed by atoms with Crippen molar-refractivity contribution in [1.29, 1.82) is 0 Å². The van der Waals surface area contributed by atoms with Gasteiger partial charge in [0.2, 0.25) is 11.9 Å². The molecule has 2 atom stereocenters. The number of aliphatic hydroxyl groups is 1. The Hall–Kier alpha value is -1.69. The van der Waals surface area contributed by atoms with Gasteiger partial charge in [0.15, 0.2) is 0 Å². The van der Waals surface area contributed by atoms with E-state index in [0.29, 0.717) is 12.4 Å².